The molecule has 5 nitrogen and oxygen atoms in total. The van der Waals surface area contributed by atoms with Crippen molar-refractivity contribution in [2.75, 3.05) is 25.5 Å². The van der Waals surface area contributed by atoms with E-state index >= 15 is 0 Å². The number of halogens is 1. The first-order chi connectivity index (χ1) is 14.6. The van der Waals surface area contributed by atoms with Crippen LogP contribution in [0.25, 0.3) is 16.8 Å². The van der Waals surface area contributed by atoms with Crippen LogP contribution in [-0.4, -0.2) is 40.0 Å². The van der Waals surface area contributed by atoms with Crippen molar-refractivity contribution in [3.8, 4) is 11.3 Å². The normalized spacial score (nSPS) is 18.9. The highest BCUT2D eigenvalue weighted by Gasteiger charge is 2.26. The van der Waals surface area contributed by atoms with Gasteiger partial charge in [0, 0.05) is 35.9 Å². The average Bonchev–Trinajstić information content (AvgIpc) is 3.03. The number of anilines is 1. The van der Waals surface area contributed by atoms with Crippen molar-refractivity contribution < 1.29 is 0 Å². The van der Waals surface area contributed by atoms with Gasteiger partial charge >= 0.3 is 0 Å². The summed E-state index contributed by atoms with van der Waals surface area (Å²) in [6, 6.07) is 15.0. The molecule has 3 aromatic rings. The van der Waals surface area contributed by atoms with E-state index in [4.69, 9.17) is 11.6 Å². The van der Waals surface area contributed by atoms with Crippen molar-refractivity contribution >= 4 is 22.9 Å². The molecule has 2 aromatic carbocycles. The van der Waals surface area contributed by atoms with Gasteiger partial charge in [-0.3, -0.25) is 0 Å². The molecule has 2 aliphatic heterocycles. The Labute approximate surface area is 182 Å². The molecule has 30 heavy (non-hydrogen) atoms. The van der Waals surface area contributed by atoms with Gasteiger partial charge in [0.05, 0.1) is 17.4 Å². The number of rotatable bonds is 3. The van der Waals surface area contributed by atoms with E-state index in [2.05, 4.69) is 57.9 Å². The van der Waals surface area contributed by atoms with Gasteiger partial charge < -0.3 is 10.2 Å². The number of fused-ring (bicyclic) bond motifs is 3. The zero-order valence-electron chi connectivity index (χ0n) is 17.4. The predicted molar refractivity (Wildman–Crippen MR) is 123 cm³/mol. The maximum absolute atomic E-state index is 6.24. The summed E-state index contributed by atoms with van der Waals surface area (Å²) in [5.41, 5.74) is 8.42. The minimum absolute atomic E-state index is 0.173. The maximum atomic E-state index is 6.24. The van der Waals surface area contributed by atoms with Gasteiger partial charge in [-0.15, -0.1) is 5.10 Å². The molecule has 0 fully saturated rings. The van der Waals surface area contributed by atoms with Crippen molar-refractivity contribution in [2.45, 2.75) is 32.4 Å². The molecule has 0 aliphatic carbocycles. The maximum Gasteiger partial charge on any atom is 0.0918 e. The number of hydrogen-bond donors (Lipinski definition) is 1. The van der Waals surface area contributed by atoms with Gasteiger partial charge in [0.25, 0.3) is 0 Å². The molecule has 0 bridgehead atoms. The van der Waals surface area contributed by atoms with E-state index in [0.717, 1.165) is 54.6 Å². The van der Waals surface area contributed by atoms with Crippen LogP contribution in [-0.2, 0) is 6.54 Å². The lowest BCUT2D eigenvalue weighted by atomic mass is 9.90. The van der Waals surface area contributed by atoms with E-state index in [1.54, 1.807) is 0 Å². The van der Waals surface area contributed by atoms with Gasteiger partial charge in [-0.1, -0.05) is 41.1 Å². The number of aryl methyl sites for hydroxylation is 2. The van der Waals surface area contributed by atoms with Crippen LogP contribution in [0.15, 0.2) is 48.5 Å². The summed E-state index contributed by atoms with van der Waals surface area (Å²) in [5, 5.41) is 13.2. The SMILES string of the molecule is Cc1nnn2c1-c1ccc(C3=CCN(C)CC3)cc1C(Nc1cccc(Cl)c1)CC2. The molecule has 1 aromatic heterocycles. The summed E-state index contributed by atoms with van der Waals surface area (Å²) in [6.45, 7) is 4.97. The molecule has 1 atom stereocenters. The Morgan fingerprint density at radius 1 is 1.13 bits per heavy atom. The Hall–Kier alpha value is -2.63. The van der Waals surface area contributed by atoms with Gasteiger partial charge in [-0.05, 0) is 67.8 Å². The minimum atomic E-state index is 0.173. The monoisotopic (exact) mass is 419 g/mol. The Morgan fingerprint density at radius 3 is 2.83 bits per heavy atom. The lowest BCUT2D eigenvalue weighted by molar-refractivity contribution is 0.370. The fourth-order valence-corrected chi connectivity index (χ4v) is 4.72. The van der Waals surface area contributed by atoms with Crippen molar-refractivity contribution in [1.82, 2.24) is 19.9 Å². The van der Waals surface area contributed by atoms with Gasteiger partial charge in [-0.2, -0.15) is 0 Å². The van der Waals surface area contributed by atoms with Gasteiger partial charge in [0.1, 0.15) is 0 Å². The molecule has 1 unspecified atom stereocenters. The molecule has 1 N–H and O–H groups in total. The second-order valence-electron chi connectivity index (χ2n) is 8.29. The molecule has 0 saturated heterocycles. The molecule has 2 aliphatic rings. The lowest BCUT2D eigenvalue weighted by Crippen LogP contribution is -2.23. The summed E-state index contributed by atoms with van der Waals surface area (Å²) in [4.78, 5) is 2.35. The first kappa shape index (κ1) is 19.3. The number of likely N-dealkylation sites (N-methyl/N-ethyl adjacent to an activating group) is 1. The van der Waals surface area contributed by atoms with Crippen LogP contribution >= 0.6 is 11.6 Å². The second kappa shape index (κ2) is 7.89. The van der Waals surface area contributed by atoms with Crippen LogP contribution < -0.4 is 5.32 Å². The summed E-state index contributed by atoms with van der Waals surface area (Å²) >= 11 is 6.24. The number of nitrogens with one attached hydrogen (secondary N) is 1. The quantitative estimate of drug-likeness (QED) is 0.635. The Morgan fingerprint density at radius 2 is 2.03 bits per heavy atom. The van der Waals surface area contributed by atoms with E-state index in [-0.39, 0.29) is 6.04 Å². The first-order valence-corrected chi connectivity index (χ1v) is 10.9. The van der Waals surface area contributed by atoms with Crippen LogP contribution in [0, 0.1) is 6.92 Å². The number of benzene rings is 2. The molecule has 0 saturated carbocycles. The van der Waals surface area contributed by atoms with Gasteiger partial charge in [0.15, 0.2) is 0 Å². The van der Waals surface area contributed by atoms with E-state index in [0.29, 0.717) is 0 Å². The first-order valence-electron chi connectivity index (χ1n) is 10.5. The summed E-state index contributed by atoms with van der Waals surface area (Å²) in [7, 11) is 2.17. The van der Waals surface area contributed by atoms with Crippen molar-refractivity contribution in [1.29, 1.82) is 0 Å². The Bertz CT molecular complexity index is 1120. The lowest BCUT2D eigenvalue weighted by Gasteiger charge is -2.24. The number of nitrogens with zero attached hydrogens (tertiary/aromatic N) is 4. The molecule has 5 rings (SSSR count). The average molecular weight is 420 g/mol. The fraction of sp³-hybridized carbons (Fsp3) is 0.333. The molecular weight excluding hydrogens is 394 g/mol. The number of aromatic nitrogens is 3. The molecule has 154 valence electrons. The Kier molecular flexibility index (Phi) is 5.09. The fourth-order valence-electron chi connectivity index (χ4n) is 4.53. The largest absolute Gasteiger partial charge is 0.378 e. The highest BCUT2D eigenvalue weighted by Crippen LogP contribution is 2.39. The van der Waals surface area contributed by atoms with E-state index < -0.39 is 0 Å². The van der Waals surface area contributed by atoms with E-state index in [1.807, 2.05) is 29.8 Å². The van der Waals surface area contributed by atoms with Crippen LogP contribution in [0.1, 0.15) is 35.7 Å². The zero-order valence-corrected chi connectivity index (χ0v) is 18.2. The molecular formula is C24H26ClN5. The van der Waals surface area contributed by atoms with Crippen molar-refractivity contribution in [3.63, 3.8) is 0 Å². The third-order valence-corrected chi connectivity index (χ3v) is 6.40. The van der Waals surface area contributed by atoms with Crippen molar-refractivity contribution in [2.24, 2.45) is 0 Å². The summed E-state index contributed by atoms with van der Waals surface area (Å²) in [6.07, 6.45) is 4.37. The highest BCUT2D eigenvalue weighted by atomic mass is 35.5. The van der Waals surface area contributed by atoms with E-state index in [9.17, 15) is 0 Å². The highest BCUT2D eigenvalue weighted by molar-refractivity contribution is 6.30. The summed E-state index contributed by atoms with van der Waals surface area (Å²) < 4.78 is 2.04. The summed E-state index contributed by atoms with van der Waals surface area (Å²) in [5.74, 6) is 0. The molecule has 0 amide bonds. The van der Waals surface area contributed by atoms with Crippen LogP contribution in [0.2, 0.25) is 5.02 Å². The van der Waals surface area contributed by atoms with Crippen LogP contribution in [0.3, 0.4) is 0 Å². The molecule has 3 heterocycles. The molecule has 0 spiro atoms. The third-order valence-electron chi connectivity index (χ3n) is 6.16. The zero-order chi connectivity index (χ0) is 20.7. The van der Waals surface area contributed by atoms with Gasteiger partial charge in [0.2, 0.25) is 0 Å². The number of hydrogen-bond acceptors (Lipinski definition) is 4. The predicted octanol–water partition coefficient (Wildman–Crippen LogP) is 5.18. The van der Waals surface area contributed by atoms with Crippen LogP contribution in [0.5, 0.6) is 0 Å². The standard InChI is InChI=1S/C24H26ClN5/c1-16-24-21-7-6-18(17-8-11-29(2)12-9-17)14-22(21)23(10-13-30(24)28-27-16)26-20-5-3-4-19(25)15-20/h3-8,14-15,23,26H,9-13H2,1-2H3. The molecule has 6 heteroatoms. The minimum Gasteiger partial charge on any atom is -0.378 e. The van der Waals surface area contributed by atoms with E-state index in [1.165, 1.54) is 22.3 Å². The topological polar surface area (TPSA) is 46.0 Å². The van der Waals surface area contributed by atoms with Crippen molar-refractivity contribution in [3.05, 3.63) is 70.4 Å². The Balaban J connectivity index is 1.59. The van der Waals surface area contributed by atoms with Gasteiger partial charge in [-0.25, -0.2) is 4.68 Å². The second-order valence-corrected chi connectivity index (χ2v) is 8.72. The smallest absolute Gasteiger partial charge is 0.0918 e. The third kappa shape index (κ3) is 3.64. The van der Waals surface area contributed by atoms with Crippen LogP contribution in [0.4, 0.5) is 5.69 Å². The molecule has 0 radical (unpaired) electrons.